The van der Waals surface area contributed by atoms with Crippen LogP contribution in [-0.4, -0.2) is 59.2 Å². The van der Waals surface area contributed by atoms with Gasteiger partial charge < -0.3 is 24.6 Å². The molecule has 0 amide bonds. The molecule has 8 rings (SSSR count). The summed E-state index contributed by atoms with van der Waals surface area (Å²) in [7, 11) is 4.01. The summed E-state index contributed by atoms with van der Waals surface area (Å²) < 4.78 is 13.3. The zero-order valence-electron chi connectivity index (χ0n) is 20.8. The van der Waals surface area contributed by atoms with Crippen LogP contribution in [0.15, 0.2) is 54.6 Å². The third kappa shape index (κ3) is 2.45. The van der Waals surface area contributed by atoms with E-state index in [0.717, 1.165) is 32.2 Å². The minimum atomic E-state index is -0.946. The first-order valence-corrected chi connectivity index (χ1v) is 13.0. The Labute approximate surface area is 207 Å². The number of piperidine rings is 1. The lowest BCUT2D eigenvalue weighted by atomic mass is 9.36. The van der Waals surface area contributed by atoms with Crippen molar-refractivity contribution in [2.75, 3.05) is 20.7 Å². The second kappa shape index (κ2) is 6.90. The number of likely N-dealkylation sites (tertiary alicyclic amines) is 1. The van der Waals surface area contributed by atoms with E-state index < -0.39 is 11.2 Å². The lowest BCUT2D eigenvalue weighted by Gasteiger charge is -2.72. The highest BCUT2D eigenvalue weighted by atomic mass is 16.5. The van der Waals surface area contributed by atoms with Crippen molar-refractivity contribution in [3.05, 3.63) is 71.3 Å². The van der Waals surface area contributed by atoms with E-state index in [0.29, 0.717) is 18.2 Å². The summed E-state index contributed by atoms with van der Waals surface area (Å²) in [6, 6.07) is 14.6. The highest BCUT2D eigenvalue weighted by molar-refractivity contribution is 5.65. The SMILES string of the molecule is CN1CC[C@]23c4c5ccc(O)c4O[C@H]2[C@@]2(O[11CH3])C=C[C@@]3(C[C@@H]2[C@@](C)(O)CCc2ccccc2)[C@H]1C5. The van der Waals surface area contributed by atoms with Gasteiger partial charge >= 0.3 is 0 Å². The van der Waals surface area contributed by atoms with Crippen molar-refractivity contribution >= 4 is 0 Å². The van der Waals surface area contributed by atoms with Gasteiger partial charge in [-0.2, -0.15) is 0 Å². The largest absolute Gasteiger partial charge is 0.504 e. The normalized spacial score (nSPS) is 39.7. The standard InChI is InChI=1S/C30H35NO4/c1-27(33,12-11-19-7-5-4-6-8-19)22-18-28-13-14-30(22,34-3)26-29(28)15-16-31(2)23(28)17-20-9-10-21(32)25(35-26)24(20)29/h4-10,13-14,22-23,26,32-33H,11-12,15-18H2,1-3H3/t22-,23-,26-,27+,28-,29+,30-/m1/s1/i3-1. The fourth-order valence-corrected chi connectivity index (χ4v) is 8.98. The Bertz CT molecular complexity index is 1220. The molecule has 4 aliphatic carbocycles. The van der Waals surface area contributed by atoms with Crippen molar-refractivity contribution < 1.29 is 19.7 Å². The van der Waals surface area contributed by atoms with Gasteiger partial charge in [0.2, 0.25) is 0 Å². The molecule has 0 unspecified atom stereocenters. The van der Waals surface area contributed by atoms with Gasteiger partial charge in [0.1, 0.15) is 11.7 Å². The lowest BCUT2D eigenvalue weighted by molar-refractivity contribution is -0.247. The van der Waals surface area contributed by atoms with Crippen LogP contribution < -0.4 is 4.74 Å². The van der Waals surface area contributed by atoms with E-state index in [1.165, 1.54) is 16.7 Å². The number of ether oxygens (including phenoxy) is 2. The molecule has 2 heterocycles. The number of nitrogens with zero attached hydrogens (tertiary/aromatic N) is 1. The second-order valence-electron chi connectivity index (χ2n) is 11.9. The third-order valence-electron chi connectivity index (χ3n) is 10.6. The first-order valence-electron chi connectivity index (χ1n) is 13.0. The molecule has 2 spiro atoms. The number of fused-ring (bicyclic) bond motifs is 1. The first-order chi connectivity index (χ1) is 16.8. The molecule has 5 heteroatoms. The van der Waals surface area contributed by atoms with Gasteiger partial charge in [-0.15, -0.1) is 0 Å². The smallest absolute Gasteiger partial charge is 0.165 e. The average Bonchev–Trinajstić information content (AvgIpc) is 3.24. The van der Waals surface area contributed by atoms with Crippen LogP contribution in [0.2, 0.25) is 0 Å². The van der Waals surface area contributed by atoms with Gasteiger partial charge in [0.05, 0.1) is 11.0 Å². The van der Waals surface area contributed by atoms with Gasteiger partial charge in [0.25, 0.3) is 0 Å². The fraction of sp³-hybridized carbons (Fsp3) is 0.533. The topological polar surface area (TPSA) is 62.2 Å². The van der Waals surface area contributed by atoms with E-state index in [4.69, 9.17) is 9.47 Å². The van der Waals surface area contributed by atoms with Crippen LogP contribution in [0.4, 0.5) is 0 Å². The molecule has 1 saturated carbocycles. The van der Waals surface area contributed by atoms with Crippen LogP contribution in [0.25, 0.3) is 0 Å². The quantitative estimate of drug-likeness (QED) is 0.645. The van der Waals surface area contributed by atoms with Gasteiger partial charge in [0.15, 0.2) is 11.5 Å². The highest BCUT2D eigenvalue weighted by Crippen LogP contribution is 2.75. The van der Waals surface area contributed by atoms with Crippen molar-refractivity contribution in [1.82, 2.24) is 4.90 Å². The molecule has 2 aliphatic heterocycles. The molecule has 5 nitrogen and oxygen atoms in total. The Hall–Kier alpha value is -2.34. The number of hydrogen-bond donors (Lipinski definition) is 2. The maximum atomic E-state index is 12.1. The minimum Gasteiger partial charge on any atom is -0.504 e. The molecule has 4 bridgehead atoms. The molecule has 35 heavy (non-hydrogen) atoms. The lowest BCUT2D eigenvalue weighted by Crippen LogP contribution is -2.80. The number of aliphatic hydroxyl groups is 1. The summed E-state index contributed by atoms with van der Waals surface area (Å²) in [5.74, 6) is 0.742. The number of hydrogen-bond acceptors (Lipinski definition) is 5. The predicted octanol–water partition coefficient (Wildman–Crippen LogP) is 4.00. The van der Waals surface area contributed by atoms with Gasteiger partial charge in [-0.1, -0.05) is 48.6 Å². The Balaban J connectivity index is 1.38. The minimum absolute atomic E-state index is 0.126. The van der Waals surface area contributed by atoms with Gasteiger partial charge in [-0.05, 0) is 69.8 Å². The number of likely N-dealkylation sites (N-methyl/N-ethyl adjacent to an activating group) is 1. The molecule has 0 aromatic heterocycles. The summed E-state index contributed by atoms with van der Waals surface area (Å²) in [5.41, 5.74) is 1.61. The summed E-state index contributed by atoms with van der Waals surface area (Å²) in [4.78, 5) is 2.52. The van der Waals surface area contributed by atoms with Gasteiger partial charge in [-0.3, -0.25) is 0 Å². The summed E-state index contributed by atoms with van der Waals surface area (Å²) in [6.07, 6.45) is 8.58. The van der Waals surface area contributed by atoms with Crippen molar-refractivity contribution in [2.24, 2.45) is 11.3 Å². The number of methoxy groups -OCH3 is 1. The van der Waals surface area contributed by atoms with Crippen LogP contribution in [-0.2, 0) is 23.0 Å². The molecule has 2 aromatic rings. The van der Waals surface area contributed by atoms with E-state index in [-0.39, 0.29) is 28.6 Å². The zero-order valence-corrected chi connectivity index (χ0v) is 20.8. The van der Waals surface area contributed by atoms with Gasteiger partial charge in [-0.25, -0.2) is 0 Å². The van der Waals surface area contributed by atoms with Crippen molar-refractivity contribution in [2.45, 2.75) is 67.8 Å². The van der Waals surface area contributed by atoms with Crippen LogP contribution in [0, 0.1) is 11.3 Å². The second-order valence-corrected chi connectivity index (χ2v) is 11.9. The van der Waals surface area contributed by atoms with E-state index in [1.54, 1.807) is 13.2 Å². The van der Waals surface area contributed by atoms with Crippen LogP contribution in [0.3, 0.4) is 0 Å². The number of aromatic hydroxyl groups is 1. The maximum absolute atomic E-state index is 12.1. The molecule has 2 aromatic carbocycles. The third-order valence-corrected chi connectivity index (χ3v) is 10.6. The number of phenols is 1. The van der Waals surface area contributed by atoms with E-state index in [9.17, 15) is 10.2 Å². The van der Waals surface area contributed by atoms with Crippen molar-refractivity contribution in [3.63, 3.8) is 0 Å². The fourth-order valence-electron chi connectivity index (χ4n) is 8.98. The van der Waals surface area contributed by atoms with Crippen LogP contribution >= 0.6 is 0 Å². The van der Waals surface area contributed by atoms with Crippen molar-refractivity contribution in [3.8, 4) is 11.5 Å². The number of aryl methyl sites for hydroxylation is 1. The predicted molar refractivity (Wildman–Crippen MR) is 134 cm³/mol. The highest BCUT2D eigenvalue weighted by Gasteiger charge is 2.80. The summed E-state index contributed by atoms with van der Waals surface area (Å²) in [6.45, 7) is 2.98. The molecule has 6 aliphatic rings. The number of phenolic OH excluding ortho intramolecular Hbond substituents is 1. The van der Waals surface area contributed by atoms with E-state index in [2.05, 4.69) is 54.4 Å². The summed E-state index contributed by atoms with van der Waals surface area (Å²) in [5, 5.41) is 23.0. The maximum Gasteiger partial charge on any atom is 0.165 e. The Morgan fingerprint density at radius 3 is 2.74 bits per heavy atom. The Kier molecular flexibility index (Phi) is 4.32. The Morgan fingerprint density at radius 1 is 1.17 bits per heavy atom. The van der Waals surface area contributed by atoms with E-state index >= 15 is 0 Å². The monoisotopic (exact) mass is 472 g/mol. The molecule has 7 atom stereocenters. The number of benzene rings is 2. The molecule has 184 valence electrons. The molecule has 2 N–H and O–H groups in total. The van der Waals surface area contributed by atoms with Gasteiger partial charge in [0, 0.05) is 30.0 Å². The number of rotatable bonds is 5. The molecule has 1 saturated heterocycles. The molecular formula is C30H35NO4. The Morgan fingerprint density at radius 2 is 1.97 bits per heavy atom. The van der Waals surface area contributed by atoms with Crippen LogP contribution in [0.1, 0.15) is 42.9 Å². The molecule has 0 radical (unpaired) electrons. The summed E-state index contributed by atoms with van der Waals surface area (Å²) >= 11 is 0. The molecule has 2 fully saturated rings. The van der Waals surface area contributed by atoms with E-state index in [1.807, 2.05) is 13.0 Å². The first kappa shape index (κ1) is 21.9. The zero-order chi connectivity index (χ0) is 24.2. The average molecular weight is 473 g/mol. The van der Waals surface area contributed by atoms with Crippen molar-refractivity contribution in [1.29, 1.82) is 0 Å². The molecular weight excluding hydrogens is 437 g/mol. The van der Waals surface area contributed by atoms with Crippen LogP contribution in [0.5, 0.6) is 11.5 Å².